The molecule has 0 aliphatic carbocycles. The van der Waals surface area contributed by atoms with Crippen molar-refractivity contribution in [3.63, 3.8) is 0 Å². The molecule has 1 aliphatic rings. The fraction of sp³-hybridized carbons (Fsp3) is 0.368. The molecule has 5 N–H and O–H groups in total. The molecule has 0 aromatic heterocycles. The van der Waals surface area contributed by atoms with Gasteiger partial charge in [0.2, 0.25) is 0 Å². The lowest BCUT2D eigenvalue weighted by Gasteiger charge is -2.34. The van der Waals surface area contributed by atoms with Crippen molar-refractivity contribution in [1.29, 1.82) is 0 Å². The van der Waals surface area contributed by atoms with Gasteiger partial charge in [-0.25, -0.2) is 0 Å². The van der Waals surface area contributed by atoms with Crippen molar-refractivity contribution in [3.05, 3.63) is 65.7 Å². The topological polar surface area (TPSA) is 68.3 Å². The first kappa shape index (κ1) is 17.5. The van der Waals surface area contributed by atoms with Crippen LogP contribution in [-0.4, -0.2) is 19.7 Å². The van der Waals surface area contributed by atoms with Gasteiger partial charge in [0.05, 0.1) is 7.11 Å². The fourth-order valence-electron chi connectivity index (χ4n) is 3.21. The van der Waals surface area contributed by atoms with Gasteiger partial charge in [-0.3, -0.25) is 0 Å². The first-order chi connectivity index (χ1) is 10.9. The van der Waals surface area contributed by atoms with Crippen LogP contribution in [0, 0.1) is 0 Å². The van der Waals surface area contributed by atoms with E-state index in [1.807, 2.05) is 12.1 Å². The third kappa shape index (κ3) is 4.32. The molecule has 4 heteroatoms. The van der Waals surface area contributed by atoms with Crippen LogP contribution in [0.15, 0.2) is 54.6 Å². The highest BCUT2D eigenvalue weighted by Crippen LogP contribution is 2.25. The molecule has 1 heterocycles. The van der Waals surface area contributed by atoms with Gasteiger partial charge in [-0.1, -0.05) is 48.5 Å². The molecule has 0 amide bonds. The zero-order valence-corrected chi connectivity index (χ0v) is 13.8. The summed E-state index contributed by atoms with van der Waals surface area (Å²) >= 11 is 0. The molecule has 3 rings (SSSR count). The van der Waals surface area contributed by atoms with E-state index in [9.17, 15) is 0 Å². The average molecular weight is 313 g/mol. The van der Waals surface area contributed by atoms with Gasteiger partial charge in [0.1, 0.15) is 5.75 Å². The number of methoxy groups -OCH3 is 1. The Labute approximate surface area is 138 Å². The summed E-state index contributed by atoms with van der Waals surface area (Å²) in [6, 6.07) is 19.8. The Balaban J connectivity index is 0.00000192. The minimum Gasteiger partial charge on any atom is -0.496 e. The van der Waals surface area contributed by atoms with E-state index in [0.717, 1.165) is 18.8 Å². The first-order valence-corrected chi connectivity index (χ1v) is 8.02. The summed E-state index contributed by atoms with van der Waals surface area (Å²) in [4.78, 5) is 0. The normalized spacial score (nSPS) is 20.6. The lowest BCUT2D eigenvalue weighted by atomic mass is 9.92. The minimum atomic E-state index is 0. The Morgan fingerprint density at radius 1 is 1.09 bits per heavy atom. The third-order valence-corrected chi connectivity index (χ3v) is 4.36. The van der Waals surface area contributed by atoms with Gasteiger partial charge in [-0.2, -0.15) is 0 Å². The van der Waals surface area contributed by atoms with Crippen molar-refractivity contribution in [1.82, 2.24) is 16.8 Å². The number of nitrogens with one attached hydrogen (secondary N) is 2. The van der Waals surface area contributed by atoms with Gasteiger partial charge in [0, 0.05) is 24.2 Å². The number of piperidine rings is 1. The van der Waals surface area contributed by atoms with Crippen LogP contribution >= 0.6 is 0 Å². The van der Waals surface area contributed by atoms with Crippen LogP contribution in [0.25, 0.3) is 0 Å². The third-order valence-electron chi connectivity index (χ3n) is 4.36. The number of hydrogen-bond acceptors (Lipinski definition) is 4. The highest BCUT2D eigenvalue weighted by molar-refractivity contribution is 5.33. The van der Waals surface area contributed by atoms with Gasteiger partial charge in [-0.05, 0) is 31.0 Å². The highest BCUT2D eigenvalue weighted by atomic mass is 16.5. The predicted octanol–water partition coefficient (Wildman–Crippen LogP) is 3.44. The van der Waals surface area contributed by atoms with Gasteiger partial charge in [0.15, 0.2) is 0 Å². The average Bonchev–Trinajstić information content (AvgIpc) is 2.61. The highest BCUT2D eigenvalue weighted by Gasteiger charge is 2.25. The number of hydrogen-bond donors (Lipinski definition) is 3. The molecule has 124 valence electrons. The second kappa shape index (κ2) is 8.67. The van der Waals surface area contributed by atoms with Crippen LogP contribution in [0.5, 0.6) is 5.75 Å². The standard InChI is InChI=1S/C19H24N2O.H3N/c1-22-18-12-6-5-10-16(18)14-21-17-11-7-13-20-19(17)15-8-3-2-4-9-15;/h2-6,8-10,12,17,19-21H,7,11,13-14H2,1H3;1H3. The Morgan fingerprint density at radius 3 is 2.61 bits per heavy atom. The van der Waals surface area contributed by atoms with Crippen LogP contribution < -0.4 is 21.5 Å². The maximum Gasteiger partial charge on any atom is 0.123 e. The molecule has 0 radical (unpaired) electrons. The van der Waals surface area contributed by atoms with E-state index in [4.69, 9.17) is 4.74 Å². The molecule has 23 heavy (non-hydrogen) atoms. The first-order valence-electron chi connectivity index (χ1n) is 8.02. The van der Waals surface area contributed by atoms with Crippen molar-refractivity contribution in [2.24, 2.45) is 0 Å². The van der Waals surface area contributed by atoms with E-state index < -0.39 is 0 Å². The Bertz CT molecular complexity index is 588. The molecule has 2 atom stereocenters. The van der Waals surface area contributed by atoms with Gasteiger partial charge >= 0.3 is 0 Å². The van der Waals surface area contributed by atoms with Gasteiger partial charge < -0.3 is 21.5 Å². The van der Waals surface area contributed by atoms with E-state index in [-0.39, 0.29) is 6.15 Å². The Hall–Kier alpha value is -1.88. The fourth-order valence-corrected chi connectivity index (χ4v) is 3.21. The smallest absolute Gasteiger partial charge is 0.123 e. The largest absolute Gasteiger partial charge is 0.496 e. The molecule has 1 aliphatic heterocycles. The molecule has 1 fully saturated rings. The van der Waals surface area contributed by atoms with E-state index in [0.29, 0.717) is 12.1 Å². The maximum absolute atomic E-state index is 5.44. The number of ether oxygens (including phenoxy) is 1. The lowest BCUT2D eigenvalue weighted by Crippen LogP contribution is -2.45. The van der Waals surface area contributed by atoms with Crippen molar-refractivity contribution < 1.29 is 4.74 Å². The predicted molar refractivity (Wildman–Crippen MR) is 95.1 cm³/mol. The zero-order valence-electron chi connectivity index (χ0n) is 13.8. The van der Waals surface area contributed by atoms with Crippen LogP contribution in [-0.2, 0) is 6.54 Å². The van der Waals surface area contributed by atoms with E-state index >= 15 is 0 Å². The molecule has 4 nitrogen and oxygen atoms in total. The van der Waals surface area contributed by atoms with Crippen molar-refractivity contribution in [3.8, 4) is 5.75 Å². The molecule has 0 spiro atoms. The quantitative estimate of drug-likeness (QED) is 0.791. The lowest BCUT2D eigenvalue weighted by molar-refractivity contribution is 0.303. The molecule has 0 bridgehead atoms. The van der Waals surface area contributed by atoms with E-state index in [1.165, 1.54) is 24.0 Å². The molecule has 2 aromatic rings. The van der Waals surface area contributed by atoms with E-state index in [2.05, 4.69) is 53.1 Å². The monoisotopic (exact) mass is 313 g/mol. The Kier molecular flexibility index (Phi) is 6.59. The second-order valence-corrected chi connectivity index (χ2v) is 5.78. The van der Waals surface area contributed by atoms with Crippen LogP contribution in [0.4, 0.5) is 0 Å². The zero-order chi connectivity index (χ0) is 15.2. The van der Waals surface area contributed by atoms with Crippen LogP contribution in [0.2, 0.25) is 0 Å². The summed E-state index contributed by atoms with van der Waals surface area (Å²) in [5.74, 6) is 0.954. The molecule has 1 saturated heterocycles. The minimum absolute atomic E-state index is 0. The van der Waals surface area contributed by atoms with Crippen molar-refractivity contribution in [2.75, 3.05) is 13.7 Å². The number of para-hydroxylation sites is 1. The molecular formula is C19H27N3O. The van der Waals surface area contributed by atoms with Crippen LogP contribution in [0.3, 0.4) is 0 Å². The molecular weight excluding hydrogens is 286 g/mol. The molecule has 2 unspecified atom stereocenters. The molecule has 2 aromatic carbocycles. The van der Waals surface area contributed by atoms with E-state index in [1.54, 1.807) is 7.11 Å². The SMILES string of the molecule is COc1ccccc1CNC1CCCNC1c1ccccc1.N. The maximum atomic E-state index is 5.44. The Morgan fingerprint density at radius 2 is 1.83 bits per heavy atom. The van der Waals surface area contributed by atoms with Gasteiger partial charge in [0.25, 0.3) is 0 Å². The summed E-state index contributed by atoms with van der Waals surface area (Å²) in [6.07, 6.45) is 2.41. The number of rotatable bonds is 5. The summed E-state index contributed by atoms with van der Waals surface area (Å²) in [5.41, 5.74) is 2.57. The van der Waals surface area contributed by atoms with Gasteiger partial charge in [-0.15, -0.1) is 0 Å². The van der Waals surface area contributed by atoms with Crippen molar-refractivity contribution in [2.45, 2.75) is 31.5 Å². The summed E-state index contributed by atoms with van der Waals surface area (Å²) < 4.78 is 5.44. The second-order valence-electron chi connectivity index (χ2n) is 5.78. The summed E-state index contributed by atoms with van der Waals surface area (Å²) in [5, 5.41) is 7.38. The van der Waals surface area contributed by atoms with Crippen molar-refractivity contribution >= 4 is 0 Å². The molecule has 0 saturated carbocycles. The number of benzene rings is 2. The summed E-state index contributed by atoms with van der Waals surface area (Å²) in [7, 11) is 1.73. The summed E-state index contributed by atoms with van der Waals surface area (Å²) in [6.45, 7) is 1.92. The van der Waals surface area contributed by atoms with Crippen LogP contribution in [0.1, 0.15) is 30.0 Å².